The van der Waals surface area contributed by atoms with E-state index in [0.717, 1.165) is 10.5 Å². The van der Waals surface area contributed by atoms with Gasteiger partial charge in [0.15, 0.2) is 4.77 Å². The molecule has 0 spiro atoms. The fourth-order valence-corrected chi connectivity index (χ4v) is 2.89. The van der Waals surface area contributed by atoms with Gasteiger partial charge in [-0.1, -0.05) is 19.8 Å². The minimum atomic E-state index is 0.0658. The summed E-state index contributed by atoms with van der Waals surface area (Å²) in [7, 11) is 0. The number of aliphatic hydroxyl groups excluding tert-OH is 1. The highest BCUT2D eigenvalue weighted by Gasteiger charge is 2.24. The van der Waals surface area contributed by atoms with E-state index in [1.54, 1.807) is 0 Å². The van der Waals surface area contributed by atoms with E-state index in [9.17, 15) is 5.11 Å². The summed E-state index contributed by atoms with van der Waals surface area (Å²) in [6.45, 7) is 2.34. The summed E-state index contributed by atoms with van der Waals surface area (Å²) in [5.74, 6) is 0.659. The van der Waals surface area contributed by atoms with Crippen LogP contribution in [0.3, 0.4) is 0 Å². The lowest BCUT2D eigenvalue weighted by atomic mass is 9.85. The normalized spacial score (nSPS) is 26.8. The van der Waals surface area contributed by atoms with E-state index in [4.69, 9.17) is 12.2 Å². The summed E-state index contributed by atoms with van der Waals surface area (Å²) in [5, 5.41) is 9.26. The molecule has 1 aliphatic rings. The Hall–Kier alpha value is -0.610. The molecule has 3 nitrogen and oxygen atoms in total. The molecule has 0 radical (unpaired) electrons. The zero-order valence-corrected chi connectivity index (χ0v) is 9.89. The molecule has 15 heavy (non-hydrogen) atoms. The molecule has 2 N–H and O–H groups in total. The molecule has 4 heteroatoms. The first kappa shape index (κ1) is 10.9. The number of aliphatic hydroxyl groups is 1. The van der Waals surface area contributed by atoms with Gasteiger partial charge in [-0.25, -0.2) is 0 Å². The molecule has 0 bridgehead atoms. The average Bonchev–Trinajstić information content (AvgIpc) is 2.60. The molecule has 0 aliphatic heterocycles. The first-order valence-electron chi connectivity index (χ1n) is 5.63. The van der Waals surface area contributed by atoms with Crippen molar-refractivity contribution in [2.24, 2.45) is 5.92 Å². The van der Waals surface area contributed by atoms with E-state index in [1.165, 1.54) is 25.7 Å². The molecule has 2 atom stereocenters. The number of hydrogen-bond donors (Lipinski definition) is 2. The zero-order valence-electron chi connectivity index (χ0n) is 9.07. The van der Waals surface area contributed by atoms with Gasteiger partial charge in [0, 0.05) is 12.2 Å². The fraction of sp³-hybridized carbons (Fsp3) is 0.727. The lowest BCUT2D eigenvalue weighted by Crippen LogP contribution is -2.22. The van der Waals surface area contributed by atoms with Crippen LogP contribution in [0.5, 0.6) is 0 Å². The van der Waals surface area contributed by atoms with Crippen molar-refractivity contribution >= 4 is 12.2 Å². The van der Waals surface area contributed by atoms with Gasteiger partial charge in [0.1, 0.15) is 0 Å². The van der Waals surface area contributed by atoms with E-state index in [1.807, 2.05) is 6.20 Å². The third kappa shape index (κ3) is 2.01. The van der Waals surface area contributed by atoms with E-state index in [0.29, 0.717) is 12.0 Å². The molecule has 1 fully saturated rings. The predicted molar refractivity (Wildman–Crippen MR) is 62.2 cm³/mol. The molecule has 0 amide bonds. The van der Waals surface area contributed by atoms with Crippen molar-refractivity contribution in [2.45, 2.75) is 45.3 Å². The van der Waals surface area contributed by atoms with Crippen LogP contribution in [0.2, 0.25) is 0 Å². The number of imidazole rings is 1. The van der Waals surface area contributed by atoms with Gasteiger partial charge in [0.2, 0.25) is 0 Å². The first-order valence-corrected chi connectivity index (χ1v) is 6.04. The Morgan fingerprint density at radius 1 is 1.53 bits per heavy atom. The molecular weight excluding hydrogens is 208 g/mol. The second kappa shape index (κ2) is 4.49. The Balaban J connectivity index is 2.34. The van der Waals surface area contributed by atoms with E-state index < -0.39 is 0 Å². The highest BCUT2D eigenvalue weighted by atomic mass is 32.1. The molecule has 1 saturated carbocycles. The average molecular weight is 226 g/mol. The van der Waals surface area contributed by atoms with Crippen molar-refractivity contribution in [3.05, 3.63) is 16.7 Å². The summed E-state index contributed by atoms with van der Waals surface area (Å²) in [6.07, 6.45) is 6.86. The maximum absolute atomic E-state index is 9.26. The Labute approximate surface area is 95.1 Å². The van der Waals surface area contributed by atoms with Gasteiger partial charge in [0.05, 0.1) is 12.3 Å². The molecule has 2 unspecified atom stereocenters. The van der Waals surface area contributed by atoms with Crippen molar-refractivity contribution < 1.29 is 5.11 Å². The van der Waals surface area contributed by atoms with Gasteiger partial charge in [-0.2, -0.15) is 0 Å². The molecule has 1 aliphatic carbocycles. The van der Waals surface area contributed by atoms with Crippen LogP contribution >= 0.6 is 12.2 Å². The monoisotopic (exact) mass is 226 g/mol. The molecular formula is C11H18N2OS. The standard InChI is InChI=1S/C11H18N2OS/c1-8-4-2-3-5-10(8)13-9(7-14)6-12-11(13)15/h6,8,10,14H,2-5,7H2,1H3,(H,12,15). The number of rotatable bonds is 2. The lowest BCUT2D eigenvalue weighted by Gasteiger charge is -2.30. The summed E-state index contributed by atoms with van der Waals surface area (Å²) >= 11 is 5.27. The Morgan fingerprint density at radius 3 is 2.93 bits per heavy atom. The van der Waals surface area contributed by atoms with Crippen molar-refractivity contribution in [3.8, 4) is 0 Å². The molecule has 0 aromatic carbocycles. The Kier molecular flexibility index (Phi) is 3.26. The van der Waals surface area contributed by atoms with Gasteiger partial charge < -0.3 is 14.7 Å². The molecule has 84 valence electrons. The van der Waals surface area contributed by atoms with Crippen molar-refractivity contribution in [2.75, 3.05) is 0 Å². The van der Waals surface area contributed by atoms with Gasteiger partial charge in [-0.15, -0.1) is 0 Å². The Morgan fingerprint density at radius 2 is 2.27 bits per heavy atom. The molecule has 1 heterocycles. The van der Waals surface area contributed by atoms with Crippen LogP contribution in [-0.4, -0.2) is 14.7 Å². The smallest absolute Gasteiger partial charge is 0.177 e. The summed E-state index contributed by atoms with van der Waals surface area (Å²) in [4.78, 5) is 3.02. The van der Waals surface area contributed by atoms with Crippen molar-refractivity contribution in [1.82, 2.24) is 9.55 Å². The van der Waals surface area contributed by atoms with Crippen LogP contribution in [0.25, 0.3) is 0 Å². The maximum Gasteiger partial charge on any atom is 0.177 e. The third-order valence-corrected chi connectivity index (χ3v) is 3.76. The second-order valence-corrected chi connectivity index (χ2v) is 4.83. The second-order valence-electron chi connectivity index (χ2n) is 4.44. The number of nitrogens with one attached hydrogen (secondary N) is 1. The summed E-state index contributed by atoms with van der Waals surface area (Å²) < 4.78 is 2.86. The molecule has 1 aromatic heterocycles. The largest absolute Gasteiger partial charge is 0.390 e. The number of nitrogens with zero attached hydrogens (tertiary/aromatic N) is 1. The highest BCUT2D eigenvalue weighted by molar-refractivity contribution is 7.71. The Bertz CT molecular complexity index is 382. The van der Waals surface area contributed by atoms with Crippen LogP contribution in [-0.2, 0) is 6.61 Å². The predicted octanol–water partition coefficient (Wildman–Crippen LogP) is 2.79. The first-order chi connectivity index (χ1) is 7.24. The lowest BCUT2D eigenvalue weighted by molar-refractivity contribution is 0.224. The maximum atomic E-state index is 9.26. The highest BCUT2D eigenvalue weighted by Crippen LogP contribution is 2.34. The topological polar surface area (TPSA) is 41.0 Å². The third-order valence-electron chi connectivity index (χ3n) is 3.45. The summed E-state index contributed by atoms with van der Waals surface area (Å²) in [5.41, 5.74) is 0.916. The molecule has 1 aromatic rings. The van der Waals surface area contributed by atoms with Crippen LogP contribution in [0.15, 0.2) is 6.20 Å². The van der Waals surface area contributed by atoms with Gasteiger partial charge in [0.25, 0.3) is 0 Å². The number of aromatic amines is 1. The molecule has 0 saturated heterocycles. The minimum absolute atomic E-state index is 0.0658. The van der Waals surface area contributed by atoms with Gasteiger partial charge >= 0.3 is 0 Å². The van der Waals surface area contributed by atoms with Crippen molar-refractivity contribution in [3.63, 3.8) is 0 Å². The fourth-order valence-electron chi connectivity index (χ4n) is 2.58. The molecule has 2 rings (SSSR count). The number of H-pyrrole nitrogens is 1. The van der Waals surface area contributed by atoms with Crippen LogP contribution in [0.1, 0.15) is 44.3 Å². The van der Waals surface area contributed by atoms with E-state index >= 15 is 0 Å². The van der Waals surface area contributed by atoms with Crippen LogP contribution in [0, 0.1) is 10.7 Å². The number of aromatic nitrogens is 2. The summed E-state index contributed by atoms with van der Waals surface area (Å²) in [6, 6.07) is 0.472. The quantitative estimate of drug-likeness (QED) is 0.761. The van der Waals surface area contributed by atoms with Crippen molar-refractivity contribution in [1.29, 1.82) is 0 Å². The van der Waals surface area contributed by atoms with Gasteiger partial charge in [-0.3, -0.25) is 0 Å². The SMILES string of the molecule is CC1CCCCC1n1c(CO)c[nH]c1=S. The van der Waals surface area contributed by atoms with E-state index in [-0.39, 0.29) is 6.61 Å². The zero-order chi connectivity index (χ0) is 10.8. The van der Waals surface area contributed by atoms with Gasteiger partial charge in [-0.05, 0) is 31.0 Å². The van der Waals surface area contributed by atoms with Crippen LogP contribution in [0.4, 0.5) is 0 Å². The minimum Gasteiger partial charge on any atom is -0.390 e. The van der Waals surface area contributed by atoms with Crippen LogP contribution < -0.4 is 0 Å². The van der Waals surface area contributed by atoms with E-state index in [2.05, 4.69) is 16.5 Å². The number of hydrogen-bond acceptors (Lipinski definition) is 2.